The van der Waals surface area contributed by atoms with Gasteiger partial charge in [-0.25, -0.2) is 0 Å². The second-order valence-corrected chi connectivity index (χ2v) is 7.18. The predicted octanol–water partition coefficient (Wildman–Crippen LogP) is 1.59. The summed E-state index contributed by atoms with van der Waals surface area (Å²) >= 11 is 0. The van der Waals surface area contributed by atoms with Gasteiger partial charge in [-0.15, -0.1) is 0 Å². The summed E-state index contributed by atoms with van der Waals surface area (Å²) in [5.74, 6) is 0.912. The average Bonchev–Trinajstić information content (AvgIpc) is 2.63. The van der Waals surface area contributed by atoms with Crippen molar-refractivity contribution in [1.82, 2.24) is 9.80 Å². The molecule has 20 heavy (non-hydrogen) atoms. The first-order valence-corrected chi connectivity index (χ1v) is 8.38. The number of nitrogens with zero attached hydrogens (tertiary/aromatic N) is 2. The SMILES string of the molecule is CN1C2CCC1CN(C(=O)CC1CCCC(N)C1)CC2. The van der Waals surface area contributed by atoms with Gasteiger partial charge < -0.3 is 10.6 Å². The van der Waals surface area contributed by atoms with Crippen LogP contribution < -0.4 is 5.73 Å². The maximum Gasteiger partial charge on any atom is 0.222 e. The highest BCUT2D eigenvalue weighted by Crippen LogP contribution is 2.30. The Balaban J connectivity index is 1.54. The number of fused-ring (bicyclic) bond motifs is 2. The van der Waals surface area contributed by atoms with Crippen molar-refractivity contribution >= 4 is 5.91 Å². The Morgan fingerprint density at radius 2 is 1.95 bits per heavy atom. The van der Waals surface area contributed by atoms with Gasteiger partial charge in [0.2, 0.25) is 5.91 Å². The van der Waals surface area contributed by atoms with Crippen molar-refractivity contribution in [3.8, 4) is 0 Å². The van der Waals surface area contributed by atoms with E-state index in [1.807, 2.05) is 0 Å². The molecule has 3 rings (SSSR count). The van der Waals surface area contributed by atoms with Gasteiger partial charge in [0.25, 0.3) is 0 Å². The first-order chi connectivity index (χ1) is 9.63. The van der Waals surface area contributed by atoms with Crippen LogP contribution in [0.2, 0.25) is 0 Å². The van der Waals surface area contributed by atoms with Crippen LogP contribution in [-0.2, 0) is 4.79 Å². The van der Waals surface area contributed by atoms with E-state index in [2.05, 4.69) is 16.8 Å². The number of likely N-dealkylation sites (N-methyl/N-ethyl adjacent to an activating group) is 1. The third-order valence-corrected chi connectivity index (χ3v) is 5.79. The zero-order valence-electron chi connectivity index (χ0n) is 12.8. The quantitative estimate of drug-likeness (QED) is 0.835. The van der Waals surface area contributed by atoms with Gasteiger partial charge in [0, 0.05) is 37.6 Å². The van der Waals surface area contributed by atoms with Crippen LogP contribution in [0.3, 0.4) is 0 Å². The lowest BCUT2D eigenvalue weighted by Crippen LogP contribution is -2.41. The van der Waals surface area contributed by atoms with Gasteiger partial charge in [0.05, 0.1) is 0 Å². The number of hydrogen-bond acceptors (Lipinski definition) is 3. The largest absolute Gasteiger partial charge is 0.341 e. The summed E-state index contributed by atoms with van der Waals surface area (Å²) in [6.07, 6.45) is 9.05. The Morgan fingerprint density at radius 3 is 2.75 bits per heavy atom. The van der Waals surface area contributed by atoms with Crippen molar-refractivity contribution in [3.05, 3.63) is 0 Å². The molecule has 0 radical (unpaired) electrons. The molecule has 4 nitrogen and oxygen atoms in total. The highest BCUT2D eigenvalue weighted by Gasteiger charge is 2.36. The maximum atomic E-state index is 12.6. The van der Waals surface area contributed by atoms with E-state index in [-0.39, 0.29) is 0 Å². The zero-order chi connectivity index (χ0) is 14.1. The van der Waals surface area contributed by atoms with Crippen LogP contribution in [0.25, 0.3) is 0 Å². The molecule has 0 aromatic carbocycles. The monoisotopic (exact) mass is 279 g/mol. The molecule has 2 heterocycles. The third kappa shape index (κ3) is 3.01. The van der Waals surface area contributed by atoms with E-state index >= 15 is 0 Å². The van der Waals surface area contributed by atoms with E-state index < -0.39 is 0 Å². The summed E-state index contributed by atoms with van der Waals surface area (Å²) in [5, 5.41) is 0. The number of rotatable bonds is 2. The van der Waals surface area contributed by atoms with E-state index in [9.17, 15) is 4.79 Å². The Labute approximate surface area is 122 Å². The summed E-state index contributed by atoms with van der Waals surface area (Å²) in [5.41, 5.74) is 6.04. The molecular weight excluding hydrogens is 250 g/mol. The van der Waals surface area contributed by atoms with E-state index in [4.69, 9.17) is 5.73 Å². The molecule has 2 aliphatic heterocycles. The van der Waals surface area contributed by atoms with E-state index in [0.29, 0.717) is 30.0 Å². The fourth-order valence-electron chi connectivity index (χ4n) is 4.43. The second-order valence-electron chi connectivity index (χ2n) is 7.18. The third-order valence-electron chi connectivity index (χ3n) is 5.79. The van der Waals surface area contributed by atoms with Crippen LogP contribution in [-0.4, -0.2) is 54.0 Å². The number of nitrogens with two attached hydrogens (primary N) is 1. The van der Waals surface area contributed by atoms with Crippen molar-refractivity contribution < 1.29 is 4.79 Å². The number of amides is 1. The summed E-state index contributed by atoms with van der Waals surface area (Å²) in [6.45, 7) is 1.91. The van der Waals surface area contributed by atoms with Crippen molar-refractivity contribution in [2.24, 2.45) is 11.7 Å². The van der Waals surface area contributed by atoms with Gasteiger partial charge in [0.15, 0.2) is 0 Å². The van der Waals surface area contributed by atoms with Crippen LogP contribution in [0.5, 0.6) is 0 Å². The summed E-state index contributed by atoms with van der Waals surface area (Å²) in [6, 6.07) is 1.63. The number of likely N-dealkylation sites (tertiary alicyclic amines) is 1. The van der Waals surface area contributed by atoms with E-state index in [1.54, 1.807) is 0 Å². The van der Waals surface area contributed by atoms with Gasteiger partial charge in [-0.2, -0.15) is 0 Å². The highest BCUT2D eigenvalue weighted by molar-refractivity contribution is 5.76. The first kappa shape index (κ1) is 14.3. The molecule has 4 unspecified atom stereocenters. The molecule has 0 spiro atoms. The summed E-state index contributed by atoms with van der Waals surface area (Å²) in [7, 11) is 2.23. The molecule has 1 aliphatic carbocycles. The van der Waals surface area contributed by atoms with Gasteiger partial charge in [-0.05, 0) is 51.5 Å². The lowest BCUT2D eigenvalue weighted by atomic mass is 9.84. The van der Waals surface area contributed by atoms with Crippen LogP contribution in [0.1, 0.15) is 51.4 Å². The first-order valence-electron chi connectivity index (χ1n) is 8.38. The Kier molecular flexibility index (Phi) is 4.32. The van der Waals surface area contributed by atoms with Crippen LogP contribution in [0.4, 0.5) is 0 Å². The number of carbonyl (C=O) groups excluding carboxylic acids is 1. The Bertz CT molecular complexity index is 360. The van der Waals surface area contributed by atoms with Gasteiger partial charge in [-0.1, -0.05) is 6.42 Å². The molecule has 1 amide bonds. The fraction of sp³-hybridized carbons (Fsp3) is 0.938. The number of carbonyl (C=O) groups is 1. The topological polar surface area (TPSA) is 49.6 Å². The van der Waals surface area contributed by atoms with Crippen molar-refractivity contribution in [3.63, 3.8) is 0 Å². The molecule has 3 fully saturated rings. The highest BCUT2D eigenvalue weighted by atomic mass is 16.2. The molecule has 4 heteroatoms. The molecule has 114 valence electrons. The maximum absolute atomic E-state index is 12.6. The smallest absolute Gasteiger partial charge is 0.222 e. The van der Waals surface area contributed by atoms with Crippen LogP contribution in [0.15, 0.2) is 0 Å². The Morgan fingerprint density at radius 1 is 1.15 bits per heavy atom. The Hall–Kier alpha value is -0.610. The average molecular weight is 279 g/mol. The molecule has 2 N–H and O–H groups in total. The standard InChI is InChI=1S/C16H29N3O/c1-18-14-5-6-15(18)11-19(8-7-14)16(20)10-12-3-2-4-13(17)9-12/h12-15H,2-11,17H2,1H3. The molecule has 1 saturated carbocycles. The van der Waals surface area contributed by atoms with E-state index in [0.717, 1.165) is 38.8 Å². The van der Waals surface area contributed by atoms with Gasteiger partial charge >= 0.3 is 0 Å². The van der Waals surface area contributed by atoms with Crippen LogP contribution in [0, 0.1) is 5.92 Å². The van der Waals surface area contributed by atoms with E-state index in [1.165, 1.54) is 25.7 Å². The van der Waals surface area contributed by atoms with Crippen molar-refractivity contribution in [1.29, 1.82) is 0 Å². The molecule has 3 aliphatic rings. The molecule has 2 bridgehead atoms. The fourth-order valence-corrected chi connectivity index (χ4v) is 4.43. The predicted molar refractivity (Wildman–Crippen MR) is 80.3 cm³/mol. The molecule has 4 atom stereocenters. The summed E-state index contributed by atoms with van der Waals surface area (Å²) < 4.78 is 0. The van der Waals surface area contributed by atoms with Crippen molar-refractivity contribution in [2.75, 3.05) is 20.1 Å². The zero-order valence-corrected chi connectivity index (χ0v) is 12.8. The van der Waals surface area contributed by atoms with Crippen molar-refractivity contribution in [2.45, 2.75) is 69.5 Å². The molecular formula is C16H29N3O. The van der Waals surface area contributed by atoms with Gasteiger partial charge in [-0.3, -0.25) is 9.69 Å². The van der Waals surface area contributed by atoms with Crippen LogP contribution >= 0.6 is 0 Å². The minimum absolute atomic E-state index is 0.327. The molecule has 0 aromatic heterocycles. The minimum Gasteiger partial charge on any atom is -0.341 e. The normalized spacial score (nSPS) is 38.8. The lowest BCUT2D eigenvalue weighted by Gasteiger charge is -2.30. The lowest BCUT2D eigenvalue weighted by molar-refractivity contribution is -0.132. The number of hydrogen-bond donors (Lipinski definition) is 1. The second kappa shape index (κ2) is 6.02. The molecule has 2 saturated heterocycles. The summed E-state index contributed by atoms with van der Waals surface area (Å²) in [4.78, 5) is 17.2. The van der Waals surface area contributed by atoms with Gasteiger partial charge in [0.1, 0.15) is 0 Å². The minimum atomic E-state index is 0.327. The molecule has 0 aromatic rings.